The van der Waals surface area contributed by atoms with Crippen molar-refractivity contribution in [3.8, 4) is 0 Å². The molecule has 0 aromatic carbocycles. The number of hydrogen-bond donors (Lipinski definition) is 0. The summed E-state index contributed by atoms with van der Waals surface area (Å²) in [6.45, 7) is 6.33. The van der Waals surface area contributed by atoms with Gasteiger partial charge in [0.2, 0.25) is 0 Å². The molecular formula is C18H42N2+2. The minimum Gasteiger partial charge on any atom is -0.331 e. The summed E-state index contributed by atoms with van der Waals surface area (Å²) in [6, 6.07) is 0. The number of unbranched alkanes of at least 4 members (excludes halogenated alkanes) is 7. The fraction of sp³-hybridized carbons (Fsp3) is 1.00. The van der Waals surface area contributed by atoms with Crippen molar-refractivity contribution in [2.45, 2.75) is 64.7 Å². The standard InChI is InChI=1S/C18H42N2/c1-7-8-9-10-14-17-20(5,6)18-15-12-11-13-16-19(2,3)4/h7-18H2,1-6H3/q+2. The Morgan fingerprint density at radius 3 is 1.30 bits per heavy atom. The largest absolute Gasteiger partial charge is 0.331 e. The van der Waals surface area contributed by atoms with Gasteiger partial charge in [0.25, 0.3) is 0 Å². The van der Waals surface area contributed by atoms with Crippen molar-refractivity contribution in [2.75, 3.05) is 54.9 Å². The van der Waals surface area contributed by atoms with Gasteiger partial charge in [0.15, 0.2) is 0 Å². The quantitative estimate of drug-likeness (QED) is 0.350. The Morgan fingerprint density at radius 1 is 0.500 bits per heavy atom. The molecule has 0 unspecified atom stereocenters. The zero-order valence-corrected chi connectivity index (χ0v) is 15.4. The van der Waals surface area contributed by atoms with Crippen LogP contribution in [0.2, 0.25) is 0 Å². The predicted molar refractivity (Wildman–Crippen MR) is 92.0 cm³/mol. The third-order valence-corrected chi connectivity index (χ3v) is 4.21. The average Bonchev–Trinajstić information content (AvgIpc) is 2.32. The van der Waals surface area contributed by atoms with Crippen molar-refractivity contribution in [2.24, 2.45) is 0 Å². The van der Waals surface area contributed by atoms with E-state index in [4.69, 9.17) is 0 Å². The first kappa shape index (κ1) is 19.9. The zero-order chi connectivity index (χ0) is 15.5. The van der Waals surface area contributed by atoms with E-state index < -0.39 is 0 Å². The summed E-state index contributed by atoms with van der Waals surface area (Å²) in [6.07, 6.45) is 12.6. The molecule has 0 aromatic heterocycles. The van der Waals surface area contributed by atoms with E-state index in [-0.39, 0.29) is 0 Å². The SMILES string of the molecule is CCCCCCC[N+](C)(C)CCCCCC[N+](C)(C)C. The topological polar surface area (TPSA) is 0 Å². The van der Waals surface area contributed by atoms with Gasteiger partial charge in [-0.15, -0.1) is 0 Å². The molecule has 0 spiro atoms. The van der Waals surface area contributed by atoms with E-state index in [2.05, 4.69) is 42.2 Å². The van der Waals surface area contributed by atoms with Gasteiger partial charge in [-0.25, -0.2) is 0 Å². The number of hydrogen-bond acceptors (Lipinski definition) is 0. The van der Waals surface area contributed by atoms with Crippen LogP contribution in [-0.2, 0) is 0 Å². The molecule has 122 valence electrons. The van der Waals surface area contributed by atoms with Crippen LogP contribution in [0, 0.1) is 0 Å². The fourth-order valence-corrected chi connectivity index (χ4v) is 2.73. The number of rotatable bonds is 13. The predicted octanol–water partition coefficient (Wildman–Crippen LogP) is 4.30. The highest BCUT2D eigenvalue weighted by Gasteiger charge is 2.13. The van der Waals surface area contributed by atoms with E-state index in [0.29, 0.717) is 0 Å². The van der Waals surface area contributed by atoms with Crippen molar-refractivity contribution >= 4 is 0 Å². The summed E-state index contributed by atoms with van der Waals surface area (Å²) in [5, 5.41) is 0. The fourth-order valence-electron chi connectivity index (χ4n) is 2.73. The molecule has 2 heteroatoms. The second-order valence-corrected chi connectivity index (χ2v) is 8.23. The maximum Gasteiger partial charge on any atom is 0.0782 e. The Kier molecular flexibility index (Phi) is 10.6. The lowest BCUT2D eigenvalue weighted by Gasteiger charge is -2.30. The lowest BCUT2D eigenvalue weighted by atomic mass is 10.1. The Labute approximate surface area is 129 Å². The van der Waals surface area contributed by atoms with E-state index in [1.165, 1.54) is 81.9 Å². The monoisotopic (exact) mass is 286 g/mol. The van der Waals surface area contributed by atoms with Gasteiger partial charge in [-0.3, -0.25) is 0 Å². The van der Waals surface area contributed by atoms with Crippen molar-refractivity contribution in [1.29, 1.82) is 0 Å². The maximum absolute atomic E-state index is 2.41. The second-order valence-electron chi connectivity index (χ2n) is 8.23. The van der Waals surface area contributed by atoms with Crippen LogP contribution in [0.3, 0.4) is 0 Å². The van der Waals surface area contributed by atoms with Crippen LogP contribution in [-0.4, -0.2) is 63.8 Å². The van der Waals surface area contributed by atoms with Crippen LogP contribution >= 0.6 is 0 Å². The molecule has 0 aliphatic heterocycles. The van der Waals surface area contributed by atoms with Gasteiger partial charge >= 0.3 is 0 Å². The van der Waals surface area contributed by atoms with Crippen LogP contribution < -0.4 is 0 Å². The minimum absolute atomic E-state index is 1.11. The van der Waals surface area contributed by atoms with Gasteiger partial charge < -0.3 is 8.97 Å². The van der Waals surface area contributed by atoms with Gasteiger partial charge in [-0.2, -0.15) is 0 Å². The maximum atomic E-state index is 2.41. The first-order chi connectivity index (χ1) is 9.27. The summed E-state index contributed by atoms with van der Waals surface area (Å²) in [5.74, 6) is 0. The van der Waals surface area contributed by atoms with Crippen LogP contribution in [0.1, 0.15) is 64.7 Å². The molecule has 20 heavy (non-hydrogen) atoms. The Morgan fingerprint density at radius 2 is 0.900 bits per heavy atom. The van der Waals surface area contributed by atoms with Crippen molar-refractivity contribution in [3.63, 3.8) is 0 Å². The van der Waals surface area contributed by atoms with E-state index >= 15 is 0 Å². The highest BCUT2D eigenvalue weighted by atomic mass is 15.3. The van der Waals surface area contributed by atoms with E-state index in [0.717, 1.165) is 4.48 Å². The van der Waals surface area contributed by atoms with Crippen LogP contribution in [0.25, 0.3) is 0 Å². The molecule has 0 radical (unpaired) electrons. The van der Waals surface area contributed by atoms with Gasteiger partial charge in [-0.1, -0.05) is 26.2 Å². The molecule has 2 nitrogen and oxygen atoms in total. The Hall–Kier alpha value is -0.0800. The summed E-state index contributed by atoms with van der Waals surface area (Å²) >= 11 is 0. The lowest BCUT2D eigenvalue weighted by Crippen LogP contribution is -2.41. The van der Waals surface area contributed by atoms with Crippen molar-refractivity contribution < 1.29 is 8.97 Å². The molecule has 0 aromatic rings. The molecule has 0 heterocycles. The minimum atomic E-state index is 1.11. The number of nitrogens with zero attached hydrogens (tertiary/aromatic N) is 2. The molecule has 0 saturated heterocycles. The third kappa shape index (κ3) is 14.3. The zero-order valence-electron chi connectivity index (χ0n) is 15.4. The average molecular weight is 287 g/mol. The summed E-state index contributed by atoms with van der Waals surface area (Å²) in [4.78, 5) is 0. The van der Waals surface area contributed by atoms with Gasteiger partial charge in [0.05, 0.1) is 54.9 Å². The smallest absolute Gasteiger partial charge is 0.0782 e. The van der Waals surface area contributed by atoms with E-state index in [1.54, 1.807) is 0 Å². The summed E-state index contributed by atoms with van der Waals surface area (Å²) in [5.41, 5.74) is 0. The molecule has 0 atom stereocenters. The molecule has 0 fully saturated rings. The normalized spacial score (nSPS) is 12.9. The Bertz CT molecular complexity index is 216. The van der Waals surface area contributed by atoms with Gasteiger partial charge in [0.1, 0.15) is 0 Å². The molecule has 0 rings (SSSR count). The van der Waals surface area contributed by atoms with Gasteiger partial charge in [-0.05, 0) is 38.5 Å². The highest BCUT2D eigenvalue weighted by molar-refractivity contribution is 4.46. The third-order valence-electron chi connectivity index (χ3n) is 4.21. The first-order valence-corrected chi connectivity index (χ1v) is 8.89. The van der Waals surface area contributed by atoms with E-state index in [1.807, 2.05) is 0 Å². The molecule has 0 aliphatic carbocycles. The lowest BCUT2D eigenvalue weighted by molar-refractivity contribution is -0.890. The molecule has 0 saturated carbocycles. The van der Waals surface area contributed by atoms with Crippen molar-refractivity contribution in [1.82, 2.24) is 0 Å². The summed E-state index contributed by atoms with van der Waals surface area (Å²) < 4.78 is 2.33. The highest BCUT2D eigenvalue weighted by Crippen LogP contribution is 2.10. The molecule has 0 aliphatic rings. The van der Waals surface area contributed by atoms with E-state index in [9.17, 15) is 0 Å². The number of quaternary nitrogens is 2. The van der Waals surface area contributed by atoms with Crippen LogP contribution in [0.4, 0.5) is 0 Å². The Balaban J connectivity index is 3.47. The van der Waals surface area contributed by atoms with Crippen molar-refractivity contribution in [3.05, 3.63) is 0 Å². The first-order valence-electron chi connectivity index (χ1n) is 8.89. The van der Waals surface area contributed by atoms with Gasteiger partial charge in [0, 0.05) is 0 Å². The molecule has 0 bridgehead atoms. The molecule has 0 amide bonds. The molecule has 0 N–H and O–H groups in total. The van der Waals surface area contributed by atoms with Crippen LogP contribution in [0.15, 0.2) is 0 Å². The second kappa shape index (κ2) is 10.6. The molecular weight excluding hydrogens is 244 g/mol. The van der Waals surface area contributed by atoms with Crippen LogP contribution in [0.5, 0.6) is 0 Å². The summed E-state index contributed by atoms with van der Waals surface area (Å²) in [7, 11) is 11.7.